The molecule has 2 amide bonds. The zero-order valence-corrected chi connectivity index (χ0v) is 13.4. The number of imide groups is 1. The highest BCUT2D eigenvalue weighted by Gasteiger charge is 2.34. The van der Waals surface area contributed by atoms with Gasteiger partial charge in [0.25, 0.3) is 11.1 Å². The molecule has 0 aliphatic carbocycles. The number of benzene rings is 1. The van der Waals surface area contributed by atoms with Crippen LogP contribution in [0.5, 0.6) is 0 Å². The molecular weight excluding hydrogens is 284 g/mol. The quantitative estimate of drug-likeness (QED) is 0.780. The lowest BCUT2D eigenvalue weighted by atomic mass is 10.2. The van der Waals surface area contributed by atoms with Crippen molar-refractivity contribution in [1.29, 1.82) is 0 Å². The first kappa shape index (κ1) is 15.6. The molecule has 0 atom stereocenters. The van der Waals surface area contributed by atoms with E-state index in [0.717, 1.165) is 35.9 Å². The van der Waals surface area contributed by atoms with Crippen LogP contribution in [-0.2, 0) is 4.79 Å². The third-order valence-electron chi connectivity index (χ3n) is 3.32. The monoisotopic (exact) mass is 304 g/mol. The fourth-order valence-electron chi connectivity index (χ4n) is 2.03. The predicted octanol–water partition coefficient (Wildman–Crippen LogP) is 3.59. The number of nitrogens with zero attached hydrogens (tertiary/aromatic N) is 2. The summed E-state index contributed by atoms with van der Waals surface area (Å²) in [6.07, 6.45) is 3.60. The Hall–Kier alpha value is -1.75. The minimum atomic E-state index is -0.171. The van der Waals surface area contributed by atoms with Crippen molar-refractivity contribution >= 4 is 34.7 Å². The average Bonchev–Trinajstić information content (AvgIpc) is 2.72. The number of carbonyl (C=O) groups is 2. The Bertz CT molecular complexity index is 564. The Balaban J connectivity index is 2.14. The topological polar surface area (TPSA) is 40.6 Å². The van der Waals surface area contributed by atoms with Gasteiger partial charge in [0.05, 0.1) is 4.91 Å². The van der Waals surface area contributed by atoms with Gasteiger partial charge < -0.3 is 4.90 Å². The zero-order chi connectivity index (χ0) is 15.4. The maximum absolute atomic E-state index is 12.2. The molecule has 0 unspecified atom stereocenters. The van der Waals surface area contributed by atoms with Crippen LogP contribution in [0.3, 0.4) is 0 Å². The molecule has 2 rings (SSSR count). The van der Waals surface area contributed by atoms with Crippen LogP contribution in [0, 0.1) is 0 Å². The Labute approximate surface area is 129 Å². The summed E-state index contributed by atoms with van der Waals surface area (Å²) >= 11 is 1.03. The summed E-state index contributed by atoms with van der Waals surface area (Å²) in [4.78, 5) is 27.9. The molecule has 4 nitrogen and oxygen atoms in total. The number of hydrogen-bond acceptors (Lipinski definition) is 4. The van der Waals surface area contributed by atoms with Gasteiger partial charge in [-0.1, -0.05) is 25.5 Å². The second-order valence-electron chi connectivity index (χ2n) is 5.17. The van der Waals surface area contributed by atoms with Gasteiger partial charge in [0, 0.05) is 26.3 Å². The summed E-state index contributed by atoms with van der Waals surface area (Å²) in [5.74, 6) is -0.171. The molecule has 1 aromatic rings. The van der Waals surface area contributed by atoms with Crippen molar-refractivity contribution < 1.29 is 9.59 Å². The van der Waals surface area contributed by atoms with Crippen molar-refractivity contribution in [2.45, 2.75) is 19.8 Å². The zero-order valence-electron chi connectivity index (χ0n) is 12.6. The number of unbranched alkanes of at least 4 members (excludes halogenated alkanes) is 1. The summed E-state index contributed by atoms with van der Waals surface area (Å²) < 4.78 is 0. The molecule has 1 heterocycles. The van der Waals surface area contributed by atoms with Gasteiger partial charge in [-0.2, -0.15) is 0 Å². The Morgan fingerprint density at radius 3 is 2.43 bits per heavy atom. The number of thioether (sulfide) groups is 1. The van der Waals surface area contributed by atoms with Gasteiger partial charge in [-0.05, 0) is 42.0 Å². The van der Waals surface area contributed by atoms with Crippen LogP contribution in [0.1, 0.15) is 25.3 Å². The van der Waals surface area contributed by atoms with Crippen LogP contribution in [0.15, 0.2) is 29.2 Å². The number of rotatable bonds is 5. The number of anilines is 1. The molecule has 1 fully saturated rings. The van der Waals surface area contributed by atoms with E-state index in [1.165, 1.54) is 4.90 Å². The predicted molar refractivity (Wildman–Crippen MR) is 88.4 cm³/mol. The Morgan fingerprint density at radius 1 is 1.19 bits per heavy atom. The summed E-state index contributed by atoms with van der Waals surface area (Å²) in [6, 6.07) is 7.89. The van der Waals surface area contributed by atoms with Crippen molar-refractivity contribution in [2.75, 3.05) is 25.5 Å². The summed E-state index contributed by atoms with van der Waals surface area (Å²) in [7, 11) is 3.96. The highest BCUT2D eigenvalue weighted by atomic mass is 32.2. The molecule has 1 saturated heterocycles. The van der Waals surface area contributed by atoms with Crippen LogP contribution in [0.25, 0.3) is 6.08 Å². The molecule has 1 aromatic carbocycles. The van der Waals surface area contributed by atoms with E-state index in [-0.39, 0.29) is 11.1 Å². The maximum atomic E-state index is 12.2. The highest BCUT2D eigenvalue weighted by Crippen LogP contribution is 2.32. The first-order valence-electron chi connectivity index (χ1n) is 7.05. The SMILES string of the molecule is CCCCN1C(=O)S/C(=C\c2ccc(N(C)C)cc2)C1=O. The van der Waals surface area contributed by atoms with Gasteiger partial charge in [0.2, 0.25) is 0 Å². The van der Waals surface area contributed by atoms with Crippen molar-refractivity contribution in [3.63, 3.8) is 0 Å². The van der Waals surface area contributed by atoms with Crippen molar-refractivity contribution in [1.82, 2.24) is 4.90 Å². The van der Waals surface area contributed by atoms with Gasteiger partial charge in [0.15, 0.2) is 0 Å². The van der Waals surface area contributed by atoms with Gasteiger partial charge in [0.1, 0.15) is 0 Å². The molecule has 1 aliphatic heterocycles. The van der Waals surface area contributed by atoms with Gasteiger partial charge in [-0.25, -0.2) is 0 Å². The van der Waals surface area contributed by atoms with Gasteiger partial charge >= 0.3 is 0 Å². The van der Waals surface area contributed by atoms with Crippen LogP contribution >= 0.6 is 11.8 Å². The third-order valence-corrected chi connectivity index (χ3v) is 4.22. The van der Waals surface area contributed by atoms with Crippen LogP contribution in [0.2, 0.25) is 0 Å². The maximum Gasteiger partial charge on any atom is 0.293 e. The Kier molecular flexibility index (Phi) is 5.07. The second kappa shape index (κ2) is 6.80. The molecule has 0 saturated carbocycles. The standard InChI is InChI=1S/C16H20N2O2S/c1-4-5-10-18-15(19)14(21-16(18)20)11-12-6-8-13(9-7-12)17(2)3/h6-9,11H,4-5,10H2,1-3H3/b14-11-. The number of amides is 2. The van der Waals surface area contributed by atoms with E-state index in [0.29, 0.717) is 11.4 Å². The fourth-order valence-corrected chi connectivity index (χ4v) is 2.89. The lowest BCUT2D eigenvalue weighted by Gasteiger charge is -2.12. The highest BCUT2D eigenvalue weighted by molar-refractivity contribution is 8.18. The molecule has 0 radical (unpaired) electrons. The van der Waals surface area contributed by atoms with Crippen LogP contribution in [-0.4, -0.2) is 36.7 Å². The molecule has 0 aromatic heterocycles. The molecule has 1 aliphatic rings. The summed E-state index contributed by atoms with van der Waals surface area (Å²) in [5, 5.41) is -0.162. The van der Waals surface area contributed by atoms with E-state index in [2.05, 4.69) is 0 Å². The number of carbonyl (C=O) groups excluding carboxylic acids is 2. The minimum absolute atomic E-state index is 0.162. The van der Waals surface area contributed by atoms with E-state index in [9.17, 15) is 9.59 Å². The van der Waals surface area contributed by atoms with E-state index >= 15 is 0 Å². The van der Waals surface area contributed by atoms with Gasteiger partial charge in [-0.3, -0.25) is 14.5 Å². The largest absolute Gasteiger partial charge is 0.378 e. The third kappa shape index (κ3) is 3.67. The molecule has 0 spiro atoms. The second-order valence-corrected chi connectivity index (χ2v) is 6.17. The van der Waals surface area contributed by atoms with E-state index < -0.39 is 0 Å². The first-order chi connectivity index (χ1) is 10.0. The molecule has 112 valence electrons. The molecule has 21 heavy (non-hydrogen) atoms. The minimum Gasteiger partial charge on any atom is -0.378 e. The molecular formula is C16H20N2O2S. The summed E-state index contributed by atoms with van der Waals surface area (Å²) in [5.41, 5.74) is 2.03. The van der Waals surface area contributed by atoms with Gasteiger partial charge in [-0.15, -0.1) is 0 Å². The lowest BCUT2D eigenvalue weighted by molar-refractivity contribution is -0.122. The lowest BCUT2D eigenvalue weighted by Crippen LogP contribution is -2.29. The fraction of sp³-hybridized carbons (Fsp3) is 0.375. The van der Waals surface area contributed by atoms with E-state index in [1.54, 1.807) is 6.08 Å². The van der Waals surface area contributed by atoms with E-state index in [4.69, 9.17) is 0 Å². The van der Waals surface area contributed by atoms with E-state index in [1.807, 2.05) is 50.2 Å². The Morgan fingerprint density at radius 2 is 1.86 bits per heavy atom. The smallest absolute Gasteiger partial charge is 0.293 e. The first-order valence-corrected chi connectivity index (χ1v) is 7.87. The van der Waals surface area contributed by atoms with Crippen molar-refractivity contribution in [3.05, 3.63) is 34.7 Å². The molecule has 0 N–H and O–H groups in total. The van der Waals surface area contributed by atoms with Crippen LogP contribution < -0.4 is 4.90 Å². The summed E-state index contributed by atoms with van der Waals surface area (Å²) in [6.45, 7) is 2.55. The number of hydrogen-bond donors (Lipinski definition) is 0. The molecule has 5 heteroatoms. The van der Waals surface area contributed by atoms with Crippen molar-refractivity contribution in [3.8, 4) is 0 Å². The molecule has 0 bridgehead atoms. The normalized spacial score (nSPS) is 16.9. The van der Waals surface area contributed by atoms with Crippen LogP contribution in [0.4, 0.5) is 10.5 Å². The van der Waals surface area contributed by atoms with Crippen molar-refractivity contribution in [2.24, 2.45) is 0 Å². The average molecular weight is 304 g/mol.